The van der Waals surface area contributed by atoms with Crippen LogP contribution in [-0.4, -0.2) is 30.2 Å². The number of benzene rings is 2. The third-order valence-electron chi connectivity index (χ3n) is 5.25. The zero-order chi connectivity index (χ0) is 25.8. The lowest BCUT2D eigenvalue weighted by Crippen LogP contribution is -2.38. The van der Waals surface area contributed by atoms with E-state index in [1.54, 1.807) is 48.5 Å². The predicted molar refractivity (Wildman–Crippen MR) is 130 cm³/mol. The maximum absolute atomic E-state index is 13.5. The predicted octanol–water partition coefficient (Wildman–Crippen LogP) is 6.49. The first-order chi connectivity index (χ1) is 16.4. The zero-order valence-electron chi connectivity index (χ0n) is 20.6. The number of hydrogen-bond acceptors (Lipinski definition) is 3. The molecule has 0 spiro atoms. The van der Waals surface area contributed by atoms with E-state index < -0.39 is 11.7 Å². The molecule has 3 rings (SSSR count). The van der Waals surface area contributed by atoms with Crippen molar-refractivity contribution in [3.63, 3.8) is 0 Å². The minimum Gasteiger partial charge on any atom is -0.497 e. The number of carbonyl (C=O) groups is 1. The van der Waals surface area contributed by atoms with Crippen LogP contribution in [0.3, 0.4) is 0 Å². The molecule has 1 amide bonds. The van der Waals surface area contributed by atoms with Gasteiger partial charge in [0.25, 0.3) is 0 Å². The van der Waals surface area contributed by atoms with Gasteiger partial charge in [0.1, 0.15) is 18.1 Å². The second kappa shape index (κ2) is 10.5. The number of nitrogens with zero attached hydrogens (tertiary/aromatic N) is 1. The number of rotatable bonds is 8. The number of ether oxygens (including phenoxy) is 2. The molecule has 0 aliphatic rings. The molecule has 2 aromatic carbocycles. The Bertz CT molecular complexity index is 1130. The van der Waals surface area contributed by atoms with Crippen LogP contribution in [-0.2, 0) is 11.0 Å². The normalized spacial score (nSPS) is 12.8. The summed E-state index contributed by atoms with van der Waals surface area (Å²) in [6.07, 6.45) is -2.97. The summed E-state index contributed by atoms with van der Waals surface area (Å²) in [6, 6.07) is 14.6. The van der Waals surface area contributed by atoms with Gasteiger partial charge in [-0.25, -0.2) is 0 Å². The van der Waals surface area contributed by atoms with E-state index in [2.05, 4.69) is 5.32 Å². The van der Waals surface area contributed by atoms with Crippen molar-refractivity contribution in [3.05, 3.63) is 66.4 Å². The molecule has 3 aromatic rings. The molecule has 5 nitrogen and oxygen atoms in total. The number of carbonyl (C=O) groups excluding carboxylic acids is 1. The number of methoxy groups -OCH3 is 1. The first-order valence-electron chi connectivity index (χ1n) is 11.3. The fourth-order valence-corrected chi connectivity index (χ4v) is 3.59. The molecule has 0 aliphatic heterocycles. The Morgan fingerprint density at radius 2 is 1.60 bits per heavy atom. The monoisotopic (exact) mass is 488 g/mol. The van der Waals surface area contributed by atoms with Gasteiger partial charge in [0.05, 0.1) is 24.4 Å². The van der Waals surface area contributed by atoms with Crippen LogP contribution in [0.2, 0.25) is 0 Å². The number of hydrogen-bond donors (Lipinski definition) is 1. The Balaban J connectivity index is 1.75. The van der Waals surface area contributed by atoms with E-state index in [1.807, 2.05) is 27.7 Å². The Hall–Kier alpha value is -3.42. The molecule has 1 N–H and O–H groups in total. The van der Waals surface area contributed by atoms with Crippen molar-refractivity contribution in [2.75, 3.05) is 13.7 Å². The number of alkyl halides is 3. The molecule has 8 heteroatoms. The molecule has 0 aliphatic carbocycles. The van der Waals surface area contributed by atoms with Gasteiger partial charge in [-0.2, -0.15) is 13.2 Å². The van der Waals surface area contributed by atoms with Gasteiger partial charge in [-0.3, -0.25) is 4.79 Å². The first-order valence-corrected chi connectivity index (χ1v) is 11.3. The van der Waals surface area contributed by atoms with Crippen molar-refractivity contribution in [1.82, 2.24) is 9.88 Å². The number of halogens is 3. The topological polar surface area (TPSA) is 52.5 Å². The molecule has 0 radical (unpaired) electrons. The maximum Gasteiger partial charge on any atom is 0.417 e. The summed E-state index contributed by atoms with van der Waals surface area (Å²) in [4.78, 5) is 12.1. The highest BCUT2D eigenvalue weighted by Gasteiger charge is 2.33. The molecule has 1 atom stereocenters. The highest BCUT2D eigenvalue weighted by atomic mass is 19.4. The Labute approximate surface area is 203 Å². The molecule has 0 fully saturated rings. The van der Waals surface area contributed by atoms with Crippen LogP contribution in [0.15, 0.2) is 60.8 Å². The van der Waals surface area contributed by atoms with E-state index in [9.17, 15) is 18.0 Å². The largest absolute Gasteiger partial charge is 0.497 e. The van der Waals surface area contributed by atoms with Crippen LogP contribution < -0.4 is 14.8 Å². The van der Waals surface area contributed by atoms with Crippen molar-refractivity contribution in [2.24, 2.45) is 5.41 Å². The van der Waals surface area contributed by atoms with E-state index >= 15 is 0 Å². The summed E-state index contributed by atoms with van der Waals surface area (Å²) >= 11 is 0. The summed E-state index contributed by atoms with van der Waals surface area (Å²) in [5, 5.41) is 2.91. The number of nitrogens with one attached hydrogen (secondary N) is 1. The molecular weight excluding hydrogens is 457 g/mol. The van der Waals surface area contributed by atoms with Crippen molar-refractivity contribution in [2.45, 2.75) is 46.3 Å². The van der Waals surface area contributed by atoms with Crippen LogP contribution in [0.4, 0.5) is 13.2 Å². The van der Waals surface area contributed by atoms with E-state index in [4.69, 9.17) is 9.47 Å². The van der Waals surface area contributed by atoms with Gasteiger partial charge in [-0.1, -0.05) is 20.8 Å². The standard InChI is InChI=1S/C27H31F3N2O3/c1-18(31-25(33)15-26(2,3)4)17-35-23-10-6-19(7-11-23)24-14-20(27(28,29)30)16-32(24)21-8-12-22(34-5)13-9-21/h6-14,16,18H,15,17H2,1-5H3,(H,31,33)/t18-/m0/s1. The molecule has 1 aromatic heterocycles. The number of amides is 1. The van der Waals surface area contributed by atoms with Crippen LogP contribution in [0.25, 0.3) is 16.9 Å². The average molecular weight is 489 g/mol. The quantitative estimate of drug-likeness (QED) is 0.394. The molecular formula is C27H31F3N2O3. The van der Waals surface area contributed by atoms with E-state index in [-0.39, 0.29) is 24.0 Å². The fraction of sp³-hybridized carbons (Fsp3) is 0.370. The van der Waals surface area contributed by atoms with Gasteiger partial charge in [-0.15, -0.1) is 0 Å². The van der Waals surface area contributed by atoms with Crippen molar-refractivity contribution in [1.29, 1.82) is 0 Å². The lowest BCUT2D eigenvalue weighted by molar-refractivity contribution is -0.137. The average Bonchev–Trinajstić information content (AvgIpc) is 3.23. The van der Waals surface area contributed by atoms with E-state index in [0.717, 1.165) is 12.3 Å². The van der Waals surface area contributed by atoms with Gasteiger partial charge in [0.2, 0.25) is 5.91 Å². The maximum atomic E-state index is 13.5. The lowest BCUT2D eigenvalue weighted by Gasteiger charge is -2.20. The lowest BCUT2D eigenvalue weighted by atomic mass is 9.92. The fourth-order valence-electron chi connectivity index (χ4n) is 3.59. The van der Waals surface area contributed by atoms with Gasteiger partial charge in [0, 0.05) is 18.3 Å². The second-order valence-corrected chi connectivity index (χ2v) is 9.72. The van der Waals surface area contributed by atoms with Crippen LogP contribution in [0, 0.1) is 5.41 Å². The summed E-state index contributed by atoms with van der Waals surface area (Å²) < 4.78 is 52.8. The molecule has 0 unspecified atom stereocenters. The summed E-state index contributed by atoms with van der Waals surface area (Å²) in [5.74, 6) is 1.14. The molecule has 35 heavy (non-hydrogen) atoms. The Kier molecular flexibility index (Phi) is 7.83. The van der Waals surface area contributed by atoms with Crippen LogP contribution in [0.5, 0.6) is 11.5 Å². The third-order valence-corrected chi connectivity index (χ3v) is 5.25. The highest BCUT2D eigenvalue weighted by Crippen LogP contribution is 2.36. The SMILES string of the molecule is COc1ccc(-n2cc(C(F)(F)F)cc2-c2ccc(OC[C@H](C)NC(=O)CC(C)(C)C)cc2)cc1. The molecule has 0 saturated heterocycles. The smallest absolute Gasteiger partial charge is 0.417 e. The summed E-state index contributed by atoms with van der Waals surface area (Å²) in [7, 11) is 1.53. The van der Waals surface area contributed by atoms with Crippen LogP contribution in [0.1, 0.15) is 39.7 Å². The second-order valence-electron chi connectivity index (χ2n) is 9.72. The van der Waals surface area contributed by atoms with Gasteiger partial charge >= 0.3 is 6.18 Å². The van der Waals surface area contributed by atoms with Gasteiger partial charge < -0.3 is 19.4 Å². The van der Waals surface area contributed by atoms with E-state index in [1.165, 1.54) is 11.7 Å². The Morgan fingerprint density at radius 1 is 1.00 bits per heavy atom. The Morgan fingerprint density at radius 3 is 2.14 bits per heavy atom. The van der Waals surface area contributed by atoms with Gasteiger partial charge in [-0.05, 0) is 72.5 Å². The first kappa shape index (κ1) is 26.2. The molecule has 0 bridgehead atoms. The highest BCUT2D eigenvalue weighted by molar-refractivity contribution is 5.76. The van der Waals surface area contributed by atoms with Crippen molar-refractivity contribution in [3.8, 4) is 28.4 Å². The van der Waals surface area contributed by atoms with Crippen molar-refractivity contribution >= 4 is 5.91 Å². The summed E-state index contributed by atoms with van der Waals surface area (Å²) in [5.41, 5.74) is 0.752. The minimum absolute atomic E-state index is 0.0382. The molecule has 188 valence electrons. The van der Waals surface area contributed by atoms with Gasteiger partial charge in [0.15, 0.2) is 0 Å². The van der Waals surface area contributed by atoms with Crippen LogP contribution >= 0.6 is 0 Å². The number of aromatic nitrogens is 1. The minimum atomic E-state index is -4.47. The molecule has 0 saturated carbocycles. The zero-order valence-corrected chi connectivity index (χ0v) is 20.6. The molecule has 1 heterocycles. The van der Waals surface area contributed by atoms with E-state index in [0.29, 0.717) is 34.9 Å². The third kappa shape index (κ3) is 7.28. The summed E-state index contributed by atoms with van der Waals surface area (Å²) in [6.45, 7) is 8.12. The van der Waals surface area contributed by atoms with Crippen molar-refractivity contribution < 1.29 is 27.4 Å².